The maximum atomic E-state index is 10.2. The fourth-order valence-corrected chi connectivity index (χ4v) is 8.77. The van der Waals surface area contributed by atoms with E-state index in [4.69, 9.17) is 0 Å². The highest BCUT2D eigenvalue weighted by Gasteiger charge is 2.48. The maximum Gasteiger partial charge on any atom is 0.101 e. The molecule has 1 aromatic heterocycles. The summed E-state index contributed by atoms with van der Waals surface area (Å²) in [4.78, 5) is 2.67. The molecule has 250 valence electrons. The highest BCUT2D eigenvalue weighted by atomic mass is 15.3. The Hall–Kier alpha value is -6.09. The van der Waals surface area contributed by atoms with Gasteiger partial charge in [-0.1, -0.05) is 92.8 Å². The minimum Gasteiger partial charge on any atom is -0.359 e. The molecule has 4 atom stereocenters. The van der Waals surface area contributed by atoms with Gasteiger partial charge in [-0.15, -0.1) is 0 Å². The van der Waals surface area contributed by atoms with Crippen LogP contribution >= 0.6 is 0 Å². The summed E-state index contributed by atoms with van der Waals surface area (Å²) in [6.45, 7) is 9.01. The number of benzene rings is 4. The van der Waals surface area contributed by atoms with Crippen LogP contribution < -0.4 is 4.90 Å². The number of aromatic nitrogens is 1. The molecule has 2 aliphatic rings. The van der Waals surface area contributed by atoms with Crippen molar-refractivity contribution in [3.05, 3.63) is 149 Å². The Morgan fingerprint density at radius 3 is 2.41 bits per heavy atom. The van der Waals surface area contributed by atoms with Crippen molar-refractivity contribution < 1.29 is 0 Å². The summed E-state index contributed by atoms with van der Waals surface area (Å²) in [6.07, 6.45) is 15.9. The molecule has 3 unspecified atom stereocenters. The highest BCUT2D eigenvalue weighted by molar-refractivity contribution is 6.11. The first-order valence-electron chi connectivity index (χ1n) is 17.9. The summed E-state index contributed by atoms with van der Waals surface area (Å²) in [7, 11) is 0. The van der Waals surface area contributed by atoms with Crippen LogP contribution in [0.2, 0.25) is 0 Å². The van der Waals surface area contributed by atoms with Crippen LogP contribution in [0.1, 0.15) is 75.1 Å². The van der Waals surface area contributed by atoms with E-state index in [0.29, 0.717) is 23.1 Å². The van der Waals surface area contributed by atoms with Gasteiger partial charge >= 0.3 is 0 Å². The van der Waals surface area contributed by atoms with Crippen molar-refractivity contribution in [1.82, 2.24) is 4.57 Å². The zero-order valence-corrected chi connectivity index (χ0v) is 29.6. The van der Waals surface area contributed by atoms with Gasteiger partial charge in [-0.2, -0.15) is 15.8 Å². The molecule has 0 spiro atoms. The fraction of sp³-hybridized carbons (Fsp3) is 0.239. The van der Waals surface area contributed by atoms with Gasteiger partial charge in [0.25, 0.3) is 0 Å². The van der Waals surface area contributed by atoms with E-state index in [1.807, 2.05) is 48.5 Å². The summed E-state index contributed by atoms with van der Waals surface area (Å²) in [5, 5.41) is 32.0. The first-order chi connectivity index (χ1) is 24.9. The van der Waals surface area contributed by atoms with Gasteiger partial charge in [-0.05, 0) is 92.1 Å². The van der Waals surface area contributed by atoms with Crippen LogP contribution in [0, 0.1) is 39.9 Å². The number of para-hydroxylation sites is 3. The molecule has 0 bridgehead atoms. The summed E-state index contributed by atoms with van der Waals surface area (Å²) in [5.41, 5.74) is 9.23. The molecule has 0 saturated heterocycles. The molecule has 0 fully saturated rings. The van der Waals surface area contributed by atoms with E-state index >= 15 is 0 Å². The van der Waals surface area contributed by atoms with E-state index in [0.717, 1.165) is 63.5 Å². The average Bonchev–Trinajstić information content (AvgIpc) is 3.64. The number of hydrogen-bond acceptors (Lipinski definition) is 4. The predicted octanol–water partition coefficient (Wildman–Crippen LogP) is 11.1. The number of rotatable bonds is 9. The first kappa shape index (κ1) is 33.4. The number of anilines is 1. The molecule has 5 nitrogen and oxygen atoms in total. The van der Waals surface area contributed by atoms with Gasteiger partial charge in [0.15, 0.2) is 0 Å². The van der Waals surface area contributed by atoms with E-state index in [2.05, 4.69) is 122 Å². The van der Waals surface area contributed by atoms with Crippen LogP contribution in [0.3, 0.4) is 0 Å². The molecule has 5 heteroatoms. The summed E-state index contributed by atoms with van der Waals surface area (Å²) in [6, 6.07) is 35.8. The standard InChI is InChI=1S/C46H41N5/c1-5-34(51-44-20-10-8-16-39(44)41-18-11-12-26-46(41,51)4)23-21-31(3)35(6-2)36(25-27-47)37-15-7-9-19-42(37)50-43-24-22-32(29-48)28-40(43)38-17-13-14-33(30-49)45(38)50/h6-20,22,24-26,28,31,34,41H,5,21,23H2,1-4H3/b35-6-,36-25+/t31?,34?,41?,46-/m1/s1. The summed E-state index contributed by atoms with van der Waals surface area (Å²) >= 11 is 0. The minimum atomic E-state index is -0.116. The van der Waals surface area contributed by atoms with Gasteiger partial charge in [-0.3, -0.25) is 0 Å². The molecule has 1 aliphatic carbocycles. The van der Waals surface area contributed by atoms with Crippen LogP contribution in [0.5, 0.6) is 0 Å². The summed E-state index contributed by atoms with van der Waals surface area (Å²) < 4.78 is 2.13. The van der Waals surface area contributed by atoms with Crippen molar-refractivity contribution in [2.45, 2.75) is 64.5 Å². The predicted molar refractivity (Wildman–Crippen MR) is 208 cm³/mol. The van der Waals surface area contributed by atoms with Gasteiger partial charge in [-0.25, -0.2) is 0 Å². The molecule has 0 saturated carbocycles. The lowest BCUT2D eigenvalue weighted by molar-refractivity contribution is 0.398. The van der Waals surface area contributed by atoms with Crippen molar-refractivity contribution in [2.24, 2.45) is 5.92 Å². The molecule has 1 aliphatic heterocycles. The second kappa shape index (κ2) is 13.7. The molecular weight excluding hydrogens is 623 g/mol. The third kappa shape index (κ3) is 5.45. The average molecular weight is 664 g/mol. The lowest BCUT2D eigenvalue weighted by atomic mass is 9.79. The SMILES string of the molecule is C/C=C(\C(=C/C#N)c1ccccc1-n1c2ccc(C#N)cc2c2cccc(C#N)c21)C(C)CCC(CC)N1c2ccccc2C2C=CC=C[C@]21C. The van der Waals surface area contributed by atoms with Crippen molar-refractivity contribution in [2.75, 3.05) is 4.90 Å². The smallest absolute Gasteiger partial charge is 0.101 e. The van der Waals surface area contributed by atoms with Crippen LogP contribution in [-0.4, -0.2) is 16.1 Å². The van der Waals surface area contributed by atoms with Crippen LogP contribution in [0.25, 0.3) is 33.1 Å². The molecule has 2 heterocycles. The van der Waals surface area contributed by atoms with Crippen LogP contribution in [-0.2, 0) is 0 Å². The Balaban J connectivity index is 1.27. The quantitative estimate of drug-likeness (QED) is 0.116. The minimum absolute atomic E-state index is 0.116. The molecule has 0 radical (unpaired) electrons. The largest absolute Gasteiger partial charge is 0.359 e. The fourth-order valence-electron chi connectivity index (χ4n) is 8.77. The first-order valence-corrected chi connectivity index (χ1v) is 17.9. The molecule has 51 heavy (non-hydrogen) atoms. The summed E-state index contributed by atoms with van der Waals surface area (Å²) in [5.74, 6) is 0.498. The lowest BCUT2D eigenvalue weighted by Crippen LogP contribution is -2.50. The molecule has 4 aromatic carbocycles. The van der Waals surface area contributed by atoms with Crippen molar-refractivity contribution in [3.63, 3.8) is 0 Å². The van der Waals surface area contributed by atoms with Crippen molar-refractivity contribution in [3.8, 4) is 23.9 Å². The normalized spacial score (nSPS) is 19.3. The number of allylic oxidation sites excluding steroid dienone is 6. The Morgan fingerprint density at radius 2 is 1.67 bits per heavy atom. The molecule has 7 rings (SSSR count). The van der Waals surface area contributed by atoms with E-state index in [9.17, 15) is 15.8 Å². The monoisotopic (exact) mass is 663 g/mol. The number of fused-ring (bicyclic) bond motifs is 6. The van der Waals surface area contributed by atoms with E-state index in [1.54, 1.807) is 6.08 Å². The van der Waals surface area contributed by atoms with Gasteiger partial charge in [0.2, 0.25) is 0 Å². The molecule has 5 aromatic rings. The lowest BCUT2D eigenvalue weighted by Gasteiger charge is -2.44. The van der Waals surface area contributed by atoms with Crippen molar-refractivity contribution >= 4 is 33.1 Å². The molecular formula is C46H41N5. The Labute approximate surface area is 301 Å². The van der Waals surface area contributed by atoms with E-state index in [1.165, 1.54) is 11.3 Å². The topological polar surface area (TPSA) is 79.5 Å². The van der Waals surface area contributed by atoms with Gasteiger partial charge < -0.3 is 9.47 Å². The Kier molecular flexibility index (Phi) is 8.95. The molecule has 0 amide bonds. The van der Waals surface area contributed by atoms with E-state index < -0.39 is 0 Å². The third-order valence-electron chi connectivity index (χ3n) is 11.1. The second-order valence-corrected chi connectivity index (χ2v) is 13.9. The van der Waals surface area contributed by atoms with Crippen molar-refractivity contribution in [1.29, 1.82) is 15.8 Å². The number of hydrogen-bond donors (Lipinski definition) is 0. The van der Waals surface area contributed by atoms with Gasteiger partial charge in [0, 0.05) is 40.1 Å². The Bertz CT molecular complexity index is 2420. The highest BCUT2D eigenvalue weighted by Crippen LogP contribution is 2.52. The van der Waals surface area contributed by atoms with Crippen LogP contribution in [0.4, 0.5) is 5.69 Å². The number of nitriles is 3. The van der Waals surface area contributed by atoms with E-state index in [-0.39, 0.29) is 11.5 Å². The zero-order chi connectivity index (χ0) is 35.7. The van der Waals surface area contributed by atoms with Crippen LogP contribution in [0.15, 0.2) is 127 Å². The van der Waals surface area contributed by atoms with Gasteiger partial charge in [0.1, 0.15) is 6.07 Å². The maximum absolute atomic E-state index is 10.2. The number of nitrogens with zero attached hydrogens (tertiary/aromatic N) is 5. The Morgan fingerprint density at radius 1 is 0.882 bits per heavy atom. The molecule has 0 N–H and O–H groups in total. The third-order valence-corrected chi connectivity index (χ3v) is 11.1. The van der Waals surface area contributed by atoms with Gasteiger partial charge in [0.05, 0.1) is 45.5 Å². The zero-order valence-electron chi connectivity index (χ0n) is 29.6. The second-order valence-electron chi connectivity index (χ2n) is 13.9.